The van der Waals surface area contributed by atoms with Crippen molar-refractivity contribution in [2.24, 2.45) is 11.3 Å². The molecule has 2 aliphatic rings. The van der Waals surface area contributed by atoms with E-state index in [2.05, 4.69) is 12.2 Å². The van der Waals surface area contributed by atoms with Crippen LogP contribution in [0.2, 0.25) is 0 Å². The molecule has 2 rings (SSSR count). The van der Waals surface area contributed by atoms with E-state index in [4.69, 9.17) is 0 Å². The number of rotatable bonds is 0. The predicted octanol–water partition coefficient (Wildman–Crippen LogP) is 1.79. The fourth-order valence-electron chi connectivity index (χ4n) is 2.68. The van der Waals surface area contributed by atoms with Gasteiger partial charge >= 0.3 is 0 Å². The zero-order valence-corrected chi connectivity index (χ0v) is 6.82. The minimum absolute atomic E-state index is 0.749. The molecule has 1 heteroatoms. The van der Waals surface area contributed by atoms with Gasteiger partial charge in [-0.25, -0.2) is 0 Å². The van der Waals surface area contributed by atoms with E-state index in [0.717, 1.165) is 11.3 Å². The van der Waals surface area contributed by atoms with Gasteiger partial charge in [0.25, 0.3) is 0 Å². The van der Waals surface area contributed by atoms with Crippen LogP contribution < -0.4 is 5.32 Å². The van der Waals surface area contributed by atoms with Crippen molar-refractivity contribution >= 4 is 0 Å². The van der Waals surface area contributed by atoms with Gasteiger partial charge in [0.1, 0.15) is 0 Å². The van der Waals surface area contributed by atoms with Crippen LogP contribution in [0.1, 0.15) is 32.6 Å². The first kappa shape index (κ1) is 6.66. The highest BCUT2D eigenvalue weighted by molar-refractivity contribution is 4.93. The Hall–Kier alpha value is -0.0400. The third-order valence-electron chi connectivity index (χ3n) is 3.28. The van der Waals surface area contributed by atoms with Gasteiger partial charge in [0.05, 0.1) is 0 Å². The molecule has 0 amide bonds. The van der Waals surface area contributed by atoms with Crippen molar-refractivity contribution in [3.8, 4) is 0 Å². The fourth-order valence-corrected chi connectivity index (χ4v) is 2.68. The lowest BCUT2D eigenvalue weighted by atomic mass is 9.85. The second-order valence-corrected chi connectivity index (χ2v) is 4.27. The molecule has 0 aromatic carbocycles. The minimum Gasteiger partial charge on any atom is -0.316 e. The Morgan fingerprint density at radius 3 is 2.80 bits per heavy atom. The van der Waals surface area contributed by atoms with Crippen molar-refractivity contribution in [3.63, 3.8) is 0 Å². The second kappa shape index (κ2) is 2.23. The standard InChI is InChI=1S/C9H17N/c1-8-2-3-9(6-8)4-5-10-7-9/h8,10H,2-7H2,1H3/t8?,9-/m0/s1. The zero-order chi connectivity index (χ0) is 7.03. The zero-order valence-electron chi connectivity index (χ0n) is 6.82. The van der Waals surface area contributed by atoms with Crippen LogP contribution in [-0.4, -0.2) is 13.1 Å². The Morgan fingerprint density at radius 2 is 2.30 bits per heavy atom. The summed E-state index contributed by atoms with van der Waals surface area (Å²) in [6.07, 6.45) is 5.89. The summed E-state index contributed by atoms with van der Waals surface area (Å²) in [6.45, 7) is 4.97. The maximum absolute atomic E-state index is 3.48. The Balaban J connectivity index is 2.03. The van der Waals surface area contributed by atoms with Crippen LogP contribution in [0, 0.1) is 11.3 Å². The van der Waals surface area contributed by atoms with Crippen molar-refractivity contribution in [3.05, 3.63) is 0 Å². The van der Waals surface area contributed by atoms with Gasteiger partial charge in [0.2, 0.25) is 0 Å². The first-order chi connectivity index (χ1) is 4.81. The molecule has 1 N–H and O–H groups in total. The highest BCUT2D eigenvalue weighted by Crippen LogP contribution is 2.45. The van der Waals surface area contributed by atoms with E-state index < -0.39 is 0 Å². The van der Waals surface area contributed by atoms with Gasteiger partial charge in [-0.05, 0) is 37.1 Å². The lowest BCUT2D eigenvalue weighted by Gasteiger charge is -2.20. The molecular formula is C9H17N. The summed E-state index contributed by atoms with van der Waals surface area (Å²) in [5, 5.41) is 3.48. The lowest BCUT2D eigenvalue weighted by molar-refractivity contribution is 0.324. The second-order valence-electron chi connectivity index (χ2n) is 4.27. The molecule has 2 atom stereocenters. The number of nitrogens with one attached hydrogen (secondary N) is 1. The predicted molar refractivity (Wildman–Crippen MR) is 42.9 cm³/mol. The minimum atomic E-state index is 0.749. The van der Waals surface area contributed by atoms with Crippen LogP contribution in [0.15, 0.2) is 0 Å². The SMILES string of the molecule is CC1CC[C@]2(CCNC2)C1. The molecule has 0 aromatic rings. The topological polar surface area (TPSA) is 12.0 Å². The molecule has 1 unspecified atom stereocenters. The summed E-state index contributed by atoms with van der Waals surface area (Å²) in [4.78, 5) is 0. The molecule has 1 heterocycles. The Bertz CT molecular complexity index is 125. The molecule has 0 aromatic heterocycles. The highest BCUT2D eigenvalue weighted by atomic mass is 14.9. The molecule has 1 nitrogen and oxygen atoms in total. The Labute approximate surface area is 63.2 Å². The van der Waals surface area contributed by atoms with E-state index in [1.807, 2.05) is 0 Å². The summed E-state index contributed by atoms with van der Waals surface area (Å²) in [6, 6.07) is 0. The summed E-state index contributed by atoms with van der Waals surface area (Å²) >= 11 is 0. The third kappa shape index (κ3) is 0.968. The van der Waals surface area contributed by atoms with E-state index in [9.17, 15) is 0 Å². The van der Waals surface area contributed by atoms with Crippen LogP contribution in [0.25, 0.3) is 0 Å². The Kier molecular flexibility index (Phi) is 1.48. The highest BCUT2D eigenvalue weighted by Gasteiger charge is 2.39. The molecule has 58 valence electrons. The average Bonchev–Trinajstić information content (AvgIpc) is 2.46. The Morgan fingerprint density at radius 1 is 1.40 bits per heavy atom. The molecule has 10 heavy (non-hydrogen) atoms. The van der Waals surface area contributed by atoms with Gasteiger partial charge < -0.3 is 5.32 Å². The van der Waals surface area contributed by atoms with E-state index in [0.29, 0.717) is 0 Å². The van der Waals surface area contributed by atoms with Crippen molar-refractivity contribution in [1.82, 2.24) is 5.32 Å². The van der Waals surface area contributed by atoms with Gasteiger partial charge in [-0.3, -0.25) is 0 Å². The number of hydrogen-bond donors (Lipinski definition) is 1. The summed E-state index contributed by atoms with van der Waals surface area (Å²) < 4.78 is 0. The van der Waals surface area contributed by atoms with Crippen molar-refractivity contribution < 1.29 is 0 Å². The van der Waals surface area contributed by atoms with E-state index in [-0.39, 0.29) is 0 Å². The molecular weight excluding hydrogens is 122 g/mol. The molecule has 2 fully saturated rings. The van der Waals surface area contributed by atoms with E-state index in [1.165, 1.54) is 38.8 Å². The van der Waals surface area contributed by atoms with Crippen LogP contribution >= 0.6 is 0 Å². The van der Waals surface area contributed by atoms with Crippen molar-refractivity contribution in [2.45, 2.75) is 32.6 Å². The van der Waals surface area contributed by atoms with Crippen LogP contribution in [0.4, 0.5) is 0 Å². The molecule has 1 spiro atoms. The monoisotopic (exact) mass is 139 g/mol. The first-order valence-corrected chi connectivity index (χ1v) is 4.52. The largest absolute Gasteiger partial charge is 0.316 e. The van der Waals surface area contributed by atoms with Gasteiger partial charge in [0.15, 0.2) is 0 Å². The normalized spacial score (nSPS) is 47.1. The van der Waals surface area contributed by atoms with Crippen LogP contribution in [0.3, 0.4) is 0 Å². The summed E-state index contributed by atoms with van der Waals surface area (Å²) in [7, 11) is 0. The molecule has 1 aliphatic carbocycles. The maximum Gasteiger partial charge on any atom is 0.000839 e. The molecule has 1 aliphatic heterocycles. The maximum atomic E-state index is 3.48. The van der Waals surface area contributed by atoms with Gasteiger partial charge in [-0.15, -0.1) is 0 Å². The fraction of sp³-hybridized carbons (Fsp3) is 1.00. The quantitative estimate of drug-likeness (QED) is 0.539. The summed E-state index contributed by atoms with van der Waals surface area (Å²) in [5.41, 5.74) is 0.749. The third-order valence-corrected chi connectivity index (χ3v) is 3.28. The van der Waals surface area contributed by atoms with Gasteiger partial charge in [-0.2, -0.15) is 0 Å². The van der Waals surface area contributed by atoms with Gasteiger partial charge in [0, 0.05) is 6.54 Å². The lowest BCUT2D eigenvalue weighted by Crippen LogP contribution is -2.20. The summed E-state index contributed by atoms with van der Waals surface area (Å²) in [5.74, 6) is 1.000. The molecule has 1 saturated carbocycles. The first-order valence-electron chi connectivity index (χ1n) is 4.52. The molecule has 0 radical (unpaired) electrons. The van der Waals surface area contributed by atoms with E-state index >= 15 is 0 Å². The van der Waals surface area contributed by atoms with E-state index in [1.54, 1.807) is 0 Å². The van der Waals surface area contributed by atoms with Gasteiger partial charge in [-0.1, -0.05) is 13.3 Å². The molecule has 1 saturated heterocycles. The van der Waals surface area contributed by atoms with Crippen LogP contribution in [-0.2, 0) is 0 Å². The average molecular weight is 139 g/mol. The smallest absolute Gasteiger partial charge is 0.000839 e. The van der Waals surface area contributed by atoms with Crippen molar-refractivity contribution in [1.29, 1.82) is 0 Å². The van der Waals surface area contributed by atoms with Crippen molar-refractivity contribution in [2.75, 3.05) is 13.1 Å². The molecule has 0 bridgehead atoms. The van der Waals surface area contributed by atoms with Crippen LogP contribution in [0.5, 0.6) is 0 Å². The number of hydrogen-bond acceptors (Lipinski definition) is 1.